The number of hydrogen-bond donors (Lipinski definition) is 2. The SMILES string of the molecule is CCC(C(=O)NCC(C)C(C)=O)S(=O)(=O)O. The molecule has 1 amide bonds. The first-order valence-electron chi connectivity index (χ1n) is 4.94. The number of rotatable bonds is 6. The summed E-state index contributed by atoms with van der Waals surface area (Å²) in [6, 6.07) is 0. The van der Waals surface area contributed by atoms with Crippen LogP contribution in [0.1, 0.15) is 27.2 Å². The fraction of sp³-hybridized carbons (Fsp3) is 0.778. The van der Waals surface area contributed by atoms with Crippen molar-refractivity contribution in [2.75, 3.05) is 6.54 Å². The number of hydrogen-bond acceptors (Lipinski definition) is 4. The second-order valence-electron chi connectivity index (χ2n) is 3.67. The number of Topliss-reactive ketones (excluding diaryl/α,β-unsaturated/α-hetero) is 1. The van der Waals surface area contributed by atoms with E-state index in [4.69, 9.17) is 4.55 Å². The van der Waals surface area contributed by atoms with Crippen molar-refractivity contribution in [3.8, 4) is 0 Å². The second-order valence-corrected chi connectivity index (χ2v) is 5.27. The highest BCUT2D eigenvalue weighted by Crippen LogP contribution is 2.04. The van der Waals surface area contributed by atoms with Crippen molar-refractivity contribution in [3.63, 3.8) is 0 Å². The van der Waals surface area contributed by atoms with Gasteiger partial charge in [-0.15, -0.1) is 0 Å². The lowest BCUT2D eigenvalue weighted by Crippen LogP contribution is -2.41. The Hall–Kier alpha value is -0.950. The summed E-state index contributed by atoms with van der Waals surface area (Å²) < 4.78 is 30.4. The van der Waals surface area contributed by atoms with Gasteiger partial charge in [-0.2, -0.15) is 8.42 Å². The molecule has 0 fully saturated rings. The predicted molar refractivity (Wildman–Crippen MR) is 58.5 cm³/mol. The zero-order valence-corrected chi connectivity index (χ0v) is 10.4. The maximum Gasteiger partial charge on any atom is 0.276 e. The lowest BCUT2D eigenvalue weighted by atomic mass is 10.1. The van der Waals surface area contributed by atoms with Crippen LogP contribution in [0.25, 0.3) is 0 Å². The topological polar surface area (TPSA) is 101 Å². The standard InChI is InChI=1S/C9H17NO5S/c1-4-8(16(13,14)15)9(12)10-5-6(2)7(3)11/h6,8H,4-5H2,1-3H3,(H,10,12)(H,13,14,15). The molecule has 0 spiro atoms. The van der Waals surface area contributed by atoms with Gasteiger partial charge >= 0.3 is 0 Å². The maximum atomic E-state index is 11.4. The van der Waals surface area contributed by atoms with Crippen LogP contribution < -0.4 is 5.32 Å². The van der Waals surface area contributed by atoms with E-state index in [1.807, 2.05) is 0 Å². The molecular weight excluding hydrogens is 234 g/mol. The van der Waals surface area contributed by atoms with Crippen LogP contribution in [0.5, 0.6) is 0 Å². The molecule has 0 aliphatic carbocycles. The van der Waals surface area contributed by atoms with Crippen LogP contribution in [-0.4, -0.2) is 36.5 Å². The van der Waals surface area contributed by atoms with Gasteiger partial charge < -0.3 is 5.32 Å². The van der Waals surface area contributed by atoms with Gasteiger partial charge in [-0.3, -0.25) is 14.1 Å². The van der Waals surface area contributed by atoms with Gasteiger partial charge in [0.05, 0.1) is 0 Å². The van der Waals surface area contributed by atoms with Crippen molar-refractivity contribution in [2.24, 2.45) is 5.92 Å². The van der Waals surface area contributed by atoms with Crippen molar-refractivity contribution in [1.29, 1.82) is 0 Å². The molecule has 0 radical (unpaired) electrons. The summed E-state index contributed by atoms with van der Waals surface area (Å²) in [5.74, 6) is -1.25. The number of nitrogens with one attached hydrogen (secondary N) is 1. The lowest BCUT2D eigenvalue weighted by Gasteiger charge is -2.14. The number of carbonyl (C=O) groups excluding carboxylic acids is 2. The van der Waals surface area contributed by atoms with Crippen molar-refractivity contribution < 1.29 is 22.6 Å². The van der Waals surface area contributed by atoms with E-state index in [0.717, 1.165) is 0 Å². The molecule has 94 valence electrons. The molecule has 16 heavy (non-hydrogen) atoms. The molecule has 0 bridgehead atoms. The third-order valence-corrected chi connectivity index (χ3v) is 3.57. The molecule has 0 aromatic rings. The third-order valence-electron chi connectivity index (χ3n) is 2.30. The summed E-state index contributed by atoms with van der Waals surface area (Å²) in [6.45, 7) is 4.56. The van der Waals surface area contributed by atoms with Gasteiger partial charge in [0.15, 0.2) is 5.25 Å². The first kappa shape index (κ1) is 15.0. The van der Waals surface area contributed by atoms with Crippen molar-refractivity contribution in [3.05, 3.63) is 0 Å². The Kier molecular flexibility index (Phi) is 5.60. The zero-order chi connectivity index (χ0) is 12.9. The van der Waals surface area contributed by atoms with E-state index < -0.39 is 21.3 Å². The average molecular weight is 251 g/mol. The van der Waals surface area contributed by atoms with Crippen molar-refractivity contribution in [1.82, 2.24) is 5.32 Å². The molecule has 2 unspecified atom stereocenters. The lowest BCUT2D eigenvalue weighted by molar-refractivity contribution is -0.122. The minimum Gasteiger partial charge on any atom is -0.354 e. The second kappa shape index (κ2) is 5.95. The molecule has 0 rings (SSSR count). The summed E-state index contributed by atoms with van der Waals surface area (Å²) in [4.78, 5) is 22.3. The van der Waals surface area contributed by atoms with Crippen LogP contribution in [0.3, 0.4) is 0 Å². The van der Waals surface area contributed by atoms with Crippen LogP contribution >= 0.6 is 0 Å². The average Bonchev–Trinajstić information content (AvgIpc) is 2.12. The highest BCUT2D eigenvalue weighted by Gasteiger charge is 2.29. The molecule has 2 N–H and O–H groups in total. The van der Waals surface area contributed by atoms with Crippen LogP contribution in [0.15, 0.2) is 0 Å². The minimum atomic E-state index is -4.38. The summed E-state index contributed by atoms with van der Waals surface area (Å²) in [7, 11) is -4.38. The number of amides is 1. The molecule has 0 heterocycles. The molecule has 6 nitrogen and oxygen atoms in total. The molecule has 0 saturated heterocycles. The fourth-order valence-corrected chi connectivity index (χ4v) is 1.82. The van der Waals surface area contributed by atoms with Gasteiger partial charge in [-0.1, -0.05) is 13.8 Å². The number of carbonyl (C=O) groups is 2. The Morgan fingerprint density at radius 1 is 1.38 bits per heavy atom. The largest absolute Gasteiger partial charge is 0.354 e. The molecule has 0 aromatic heterocycles. The smallest absolute Gasteiger partial charge is 0.276 e. The molecule has 0 aliphatic heterocycles. The first-order chi connectivity index (χ1) is 7.20. The Morgan fingerprint density at radius 3 is 2.19 bits per heavy atom. The Morgan fingerprint density at radius 2 is 1.88 bits per heavy atom. The highest BCUT2D eigenvalue weighted by atomic mass is 32.2. The molecular formula is C9H17NO5S. The van der Waals surface area contributed by atoms with E-state index in [1.165, 1.54) is 13.8 Å². The predicted octanol–water partition coefficient (Wildman–Crippen LogP) is -0.00590. The zero-order valence-electron chi connectivity index (χ0n) is 9.56. The first-order valence-corrected chi connectivity index (χ1v) is 6.44. The monoisotopic (exact) mass is 251 g/mol. The molecule has 0 aromatic carbocycles. The van der Waals surface area contributed by atoms with Gasteiger partial charge in [0.25, 0.3) is 10.1 Å². The van der Waals surface area contributed by atoms with Crippen molar-refractivity contribution in [2.45, 2.75) is 32.4 Å². The summed E-state index contributed by atoms with van der Waals surface area (Å²) in [6.07, 6.45) is -0.0148. The highest BCUT2D eigenvalue weighted by molar-refractivity contribution is 7.87. The van der Waals surface area contributed by atoms with E-state index in [9.17, 15) is 18.0 Å². The molecule has 7 heteroatoms. The Balaban J connectivity index is 4.41. The van der Waals surface area contributed by atoms with E-state index in [0.29, 0.717) is 0 Å². The maximum absolute atomic E-state index is 11.4. The molecule has 2 atom stereocenters. The number of ketones is 1. The van der Waals surface area contributed by atoms with Gasteiger partial charge in [-0.25, -0.2) is 0 Å². The van der Waals surface area contributed by atoms with E-state index in [-0.39, 0.29) is 24.7 Å². The van der Waals surface area contributed by atoms with E-state index in [1.54, 1.807) is 6.92 Å². The quantitative estimate of drug-likeness (QED) is 0.647. The normalized spacial score (nSPS) is 15.2. The van der Waals surface area contributed by atoms with Crippen molar-refractivity contribution >= 4 is 21.8 Å². The van der Waals surface area contributed by atoms with Gasteiger partial charge in [0.1, 0.15) is 5.78 Å². The van der Waals surface area contributed by atoms with Gasteiger partial charge in [0, 0.05) is 12.5 Å². The van der Waals surface area contributed by atoms with Gasteiger partial charge in [-0.05, 0) is 13.3 Å². The van der Waals surface area contributed by atoms with Crippen LogP contribution in [0, 0.1) is 5.92 Å². The summed E-state index contributed by atoms with van der Waals surface area (Å²) >= 11 is 0. The van der Waals surface area contributed by atoms with E-state index in [2.05, 4.69) is 5.32 Å². The Labute approximate surface area is 95.2 Å². The van der Waals surface area contributed by atoms with E-state index >= 15 is 0 Å². The van der Waals surface area contributed by atoms with Gasteiger partial charge in [0.2, 0.25) is 5.91 Å². The summed E-state index contributed by atoms with van der Waals surface area (Å²) in [5.41, 5.74) is 0. The van der Waals surface area contributed by atoms with Crippen LogP contribution in [0.4, 0.5) is 0 Å². The van der Waals surface area contributed by atoms with Crippen LogP contribution in [0.2, 0.25) is 0 Å². The summed E-state index contributed by atoms with van der Waals surface area (Å²) in [5, 5.41) is 0.856. The molecule has 0 aliphatic rings. The Bertz CT molecular complexity index is 362. The fourth-order valence-electron chi connectivity index (χ4n) is 1.04. The van der Waals surface area contributed by atoms with Crippen LogP contribution in [-0.2, 0) is 19.7 Å². The minimum absolute atomic E-state index is 0.0148. The third kappa shape index (κ3) is 4.71. The molecule has 0 saturated carbocycles.